The van der Waals surface area contributed by atoms with E-state index in [1.807, 2.05) is 32.9 Å². The van der Waals surface area contributed by atoms with Gasteiger partial charge in [-0.25, -0.2) is 4.21 Å². The maximum Gasteiger partial charge on any atom is 0.186 e. The van der Waals surface area contributed by atoms with Gasteiger partial charge in [-0.3, -0.25) is 0 Å². The Morgan fingerprint density at radius 2 is 1.87 bits per heavy atom. The van der Waals surface area contributed by atoms with Crippen LogP contribution < -0.4 is 5.73 Å². The van der Waals surface area contributed by atoms with Gasteiger partial charge in [0.1, 0.15) is 0 Å². The summed E-state index contributed by atoms with van der Waals surface area (Å²) in [5, 5.41) is 0. The van der Waals surface area contributed by atoms with Crippen molar-refractivity contribution >= 4 is 11.1 Å². The Kier molecular flexibility index (Phi) is 3.33. The van der Waals surface area contributed by atoms with E-state index in [0.717, 1.165) is 0 Å². The number of nitrogens with two attached hydrogens (primary N) is 1. The summed E-state index contributed by atoms with van der Waals surface area (Å²) in [6, 6.07) is 0. The molecule has 0 saturated carbocycles. The smallest absolute Gasteiger partial charge is 0.186 e. The average Bonchev–Trinajstić information content (AvgIpc) is 2.07. The third-order valence-corrected chi connectivity index (χ3v) is 2.85. The summed E-state index contributed by atoms with van der Waals surface area (Å²) < 4.78 is 20.1. The molecule has 0 aromatic carbocycles. The molecule has 0 aromatic heterocycles. The van der Waals surface area contributed by atoms with Gasteiger partial charge in [-0.1, -0.05) is 38.2 Å². The summed E-state index contributed by atoms with van der Waals surface area (Å²) in [5.74, 6) is 0. The van der Waals surface area contributed by atoms with Crippen LogP contribution >= 0.6 is 0 Å². The quantitative estimate of drug-likeness (QED) is 0.531. The maximum atomic E-state index is 11.0. The van der Waals surface area contributed by atoms with E-state index in [1.165, 1.54) is 0 Å². The van der Waals surface area contributed by atoms with Crippen molar-refractivity contribution in [3.8, 4) is 0 Å². The van der Waals surface area contributed by atoms with E-state index in [2.05, 4.69) is 0 Å². The lowest BCUT2D eigenvalue weighted by Gasteiger charge is -2.23. The van der Waals surface area contributed by atoms with Crippen LogP contribution in [-0.4, -0.2) is 14.3 Å². The average molecular weight is 227 g/mol. The molecule has 0 saturated heterocycles. The van der Waals surface area contributed by atoms with E-state index in [9.17, 15) is 4.21 Å². The second-order valence-electron chi connectivity index (χ2n) is 4.65. The van der Waals surface area contributed by atoms with Crippen molar-refractivity contribution in [2.24, 2.45) is 11.1 Å². The number of allylic oxidation sites excluding steroid dienone is 3. The van der Waals surface area contributed by atoms with Crippen molar-refractivity contribution in [2.45, 2.75) is 26.3 Å². The standard InChI is InChI=1S/C11H17NO2S/c1-10(2)6-7-11(3,12)5-4-9(8-10)15(13)14/h4-8H,12H2,1-3H3,(H,13,14). The predicted molar refractivity (Wildman–Crippen MR) is 63.5 cm³/mol. The molecule has 3 nitrogen and oxygen atoms in total. The first kappa shape index (κ1) is 12.4. The fraction of sp³-hybridized carbons (Fsp3) is 0.455. The summed E-state index contributed by atoms with van der Waals surface area (Å²) in [5.41, 5.74) is 5.11. The van der Waals surface area contributed by atoms with Crippen molar-refractivity contribution in [3.05, 3.63) is 35.3 Å². The van der Waals surface area contributed by atoms with Gasteiger partial charge in [-0.2, -0.15) is 0 Å². The molecule has 4 heteroatoms. The molecule has 0 heterocycles. The zero-order valence-corrected chi connectivity index (χ0v) is 10.0. The Morgan fingerprint density at radius 3 is 2.40 bits per heavy atom. The lowest BCUT2D eigenvalue weighted by Crippen LogP contribution is -2.32. The summed E-state index contributed by atoms with van der Waals surface area (Å²) in [4.78, 5) is 0.390. The first-order valence-corrected chi connectivity index (χ1v) is 5.85. The van der Waals surface area contributed by atoms with Gasteiger partial charge in [0.2, 0.25) is 0 Å². The normalized spacial score (nSPS) is 31.7. The number of hydrogen-bond donors (Lipinski definition) is 2. The summed E-state index contributed by atoms with van der Waals surface area (Å²) in [6.07, 6.45) is 8.95. The summed E-state index contributed by atoms with van der Waals surface area (Å²) in [6.45, 7) is 5.77. The summed E-state index contributed by atoms with van der Waals surface area (Å²) in [7, 11) is 0. The third kappa shape index (κ3) is 3.74. The minimum Gasteiger partial charge on any atom is -0.319 e. The second kappa shape index (κ2) is 4.04. The van der Waals surface area contributed by atoms with Gasteiger partial charge in [0, 0.05) is 11.0 Å². The summed E-state index contributed by atoms with van der Waals surface area (Å²) >= 11 is -1.97. The second-order valence-corrected chi connectivity index (χ2v) is 5.62. The van der Waals surface area contributed by atoms with Crippen LogP contribution in [-0.2, 0) is 11.1 Å². The van der Waals surface area contributed by atoms with Gasteiger partial charge in [0.05, 0.1) is 4.91 Å². The molecule has 0 radical (unpaired) electrons. The van der Waals surface area contributed by atoms with E-state index in [1.54, 1.807) is 18.2 Å². The molecule has 3 N–H and O–H groups in total. The molecule has 1 rings (SSSR count). The lowest BCUT2D eigenvalue weighted by molar-refractivity contribution is 0.567. The largest absolute Gasteiger partial charge is 0.319 e. The SMILES string of the molecule is CC1(C)C=CC(C)(N)C=CC(S(=O)O)=C1. The third-order valence-electron chi connectivity index (χ3n) is 2.19. The minimum atomic E-state index is -1.97. The Hall–Kier alpha value is -0.710. The molecule has 84 valence electrons. The fourth-order valence-corrected chi connectivity index (χ4v) is 1.87. The molecule has 0 aliphatic heterocycles. The fourth-order valence-electron chi connectivity index (χ4n) is 1.28. The Labute approximate surface area is 93.0 Å². The topological polar surface area (TPSA) is 63.3 Å². The minimum absolute atomic E-state index is 0.265. The van der Waals surface area contributed by atoms with Crippen LogP contribution in [0.4, 0.5) is 0 Å². The lowest BCUT2D eigenvalue weighted by atomic mass is 9.87. The first-order chi connectivity index (χ1) is 6.72. The number of rotatable bonds is 1. The van der Waals surface area contributed by atoms with Crippen LogP contribution in [0.2, 0.25) is 0 Å². The highest BCUT2D eigenvalue weighted by atomic mass is 32.2. The van der Waals surface area contributed by atoms with Crippen LogP contribution in [0.15, 0.2) is 35.3 Å². The molecule has 15 heavy (non-hydrogen) atoms. The molecular formula is C11H17NO2S. The Balaban J connectivity index is 3.22. The monoisotopic (exact) mass is 227 g/mol. The van der Waals surface area contributed by atoms with Crippen LogP contribution in [0.1, 0.15) is 20.8 Å². The molecule has 1 aliphatic carbocycles. The molecule has 0 aromatic rings. The van der Waals surface area contributed by atoms with E-state index in [-0.39, 0.29) is 5.41 Å². The van der Waals surface area contributed by atoms with Crippen molar-refractivity contribution < 1.29 is 8.76 Å². The van der Waals surface area contributed by atoms with Crippen molar-refractivity contribution in [3.63, 3.8) is 0 Å². The van der Waals surface area contributed by atoms with Crippen LogP contribution in [0.5, 0.6) is 0 Å². The molecular weight excluding hydrogens is 210 g/mol. The zero-order chi connectivity index (χ0) is 11.7. The predicted octanol–water partition coefficient (Wildman–Crippen LogP) is 1.96. The first-order valence-electron chi connectivity index (χ1n) is 4.74. The molecule has 0 bridgehead atoms. The van der Waals surface area contributed by atoms with Crippen molar-refractivity contribution in [1.82, 2.24) is 0 Å². The maximum absolute atomic E-state index is 11.0. The van der Waals surface area contributed by atoms with Gasteiger partial charge in [0.25, 0.3) is 0 Å². The highest BCUT2D eigenvalue weighted by Gasteiger charge is 2.19. The van der Waals surface area contributed by atoms with Gasteiger partial charge in [0.15, 0.2) is 11.1 Å². The van der Waals surface area contributed by atoms with E-state index < -0.39 is 16.6 Å². The van der Waals surface area contributed by atoms with E-state index in [4.69, 9.17) is 10.3 Å². The highest BCUT2D eigenvalue weighted by Crippen LogP contribution is 2.26. The van der Waals surface area contributed by atoms with Crippen LogP contribution in [0.25, 0.3) is 0 Å². The molecule has 0 fully saturated rings. The van der Waals surface area contributed by atoms with Gasteiger partial charge in [-0.05, 0) is 13.0 Å². The Morgan fingerprint density at radius 1 is 1.27 bits per heavy atom. The molecule has 0 spiro atoms. The van der Waals surface area contributed by atoms with Gasteiger partial charge < -0.3 is 10.3 Å². The van der Waals surface area contributed by atoms with E-state index >= 15 is 0 Å². The molecule has 2 atom stereocenters. The van der Waals surface area contributed by atoms with Crippen LogP contribution in [0.3, 0.4) is 0 Å². The van der Waals surface area contributed by atoms with Crippen molar-refractivity contribution in [2.75, 3.05) is 0 Å². The zero-order valence-electron chi connectivity index (χ0n) is 9.23. The highest BCUT2D eigenvalue weighted by molar-refractivity contribution is 7.83. The van der Waals surface area contributed by atoms with Crippen LogP contribution in [0, 0.1) is 5.41 Å². The van der Waals surface area contributed by atoms with Crippen molar-refractivity contribution in [1.29, 1.82) is 0 Å². The van der Waals surface area contributed by atoms with Gasteiger partial charge in [-0.15, -0.1) is 0 Å². The van der Waals surface area contributed by atoms with Gasteiger partial charge >= 0.3 is 0 Å². The Bertz CT molecular complexity index is 365. The van der Waals surface area contributed by atoms with E-state index in [0.29, 0.717) is 4.91 Å². The number of hydrogen-bond acceptors (Lipinski definition) is 2. The molecule has 0 amide bonds. The molecule has 2 unspecified atom stereocenters. The molecule has 1 aliphatic rings.